The van der Waals surface area contributed by atoms with Gasteiger partial charge in [-0.3, -0.25) is 4.79 Å². The van der Waals surface area contributed by atoms with E-state index in [2.05, 4.69) is 10.2 Å². The van der Waals surface area contributed by atoms with E-state index in [1.165, 1.54) is 12.1 Å². The van der Waals surface area contributed by atoms with E-state index < -0.39 is 0 Å². The van der Waals surface area contributed by atoms with Crippen molar-refractivity contribution >= 4 is 17.3 Å². The van der Waals surface area contributed by atoms with Gasteiger partial charge in [-0.15, -0.1) is 0 Å². The van der Waals surface area contributed by atoms with Crippen molar-refractivity contribution in [3.05, 3.63) is 48.0 Å². The van der Waals surface area contributed by atoms with Gasteiger partial charge < -0.3 is 25.2 Å². The number of hydrogen-bond acceptors (Lipinski definition) is 5. The Morgan fingerprint density at radius 2 is 1.83 bits per heavy atom. The third-order valence-corrected chi connectivity index (χ3v) is 3.93. The average molecular weight is 328 g/mol. The molecule has 0 radical (unpaired) electrons. The number of ether oxygens (including phenoxy) is 1. The zero-order valence-electron chi connectivity index (χ0n) is 13.2. The number of carbonyl (C=O) groups excluding carboxylic acids is 1. The largest absolute Gasteiger partial charge is 0.504 e. The summed E-state index contributed by atoms with van der Waals surface area (Å²) in [5.74, 6) is -0.605. The molecule has 0 unspecified atom stereocenters. The molecule has 2 aromatic rings. The monoisotopic (exact) mass is 328 g/mol. The first kappa shape index (κ1) is 16.1. The fourth-order valence-corrected chi connectivity index (χ4v) is 2.72. The number of para-hydroxylation sites is 2. The highest BCUT2D eigenvalue weighted by atomic mass is 16.5. The Bertz CT molecular complexity index is 727. The predicted molar refractivity (Wildman–Crippen MR) is 91.6 cm³/mol. The molecule has 6 nitrogen and oxygen atoms in total. The lowest BCUT2D eigenvalue weighted by molar-refractivity contribution is -0.115. The summed E-state index contributed by atoms with van der Waals surface area (Å²) in [4.78, 5) is 14.5. The van der Waals surface area contributed by atoms with Crippen molar-refractivity contribution in [2.75, 3.05) is 36.5 Å². The number of hydrogen-bond donors (Lipinski definition) is 3. The summed E-state index contributed by atoms with van der Waals surface area (Å²) in [6.45, 7) is 2.93. The van der Waals surface area contributed by atoms with Gasteiger partial charge in [0.1, 0.15) is 0 Å². The molecule has 1 aliphatic rings. The van der Waals surface area contributed by atoms with Crippen molar-refractivity contribution < 1.29 is 19.7 Å². The molecule has 1 heterocycles. The van der Waals surface area contributed by atoms with E-state index in [1.807, 2.05) is 24.3 Å². The number of phenols is 2. The summed E-state index contributed by atoms with van der Waals surface area (Å²) in [6, 6.07) is 12.1. The summed E-state index contributed by atoms with van der Waals surface area (Å²) in [5, 5.41) is 21.8. The van der Waals surface area contributed by atoms with E-state index >= 15 is 0 Å². The van der Waals surface area contributed by atoms with E-state index in [1.54, 1.807) is 6.07 Å². The van der Waals surface area contributed by atoms with E-state index in [9.17, 15) is 15.0 Å². The van der Waals surface area contributed by atoms with Crippen LogP contribution in [-0.2, 0) is 16.0 Å². The molecule has 3 rings (SSSR count). The van der Waals surface area contributed by atoms with Crippen molar-refractivity contribution in [3.8, 4) is 11.5 Å². The van der Waals surface area contributed by atoms with Crippen molar-refractivity contribution in [1.82, 2.24) is 0 Å². The van der Waals surface area contributed by atoms with Crippen molar-refractivity contribution in [3.63, 3.8) is 0 Å². The minimum atomic E-state index is -0.228. The first-order valence-corrected chi connectivity index (χ1v) is 7.86. The maximum Gasteiger partial charge on any atom is 0.228 e. The number of phenolic OH excluding ortho intramolecular Hbond substituents is 2. The molecule has 2 aromatic carbocycles. The van der Waals surface area contributed by atoms with Gasteiger partial charge >= 0.3 is 0 Å². The number of rotatable bonds is 4. The molecule has 0 aliphatic carbocycles. The number of benzene rings is 2. The van der Waals surface area contributed by atoms with Gasteiger partial charge in [-0.25, -0.2) is 0 Å². The Morgan fingerprint density at radius 3 is 2.58 bits per heavy atom. The Labute approximate surface area is 140 Å². The number of amides is 1. The van der Waals surface area contributed by atoms with Gasteiger partial charge in [-0.05, 0) is 29.8 Å². The van der Waals surface area contributed by atoms with Gasteiger partial charge in [0.05, 0.1) is 31.0 Å². The van der Waals surface area contributed by atoms with Crippen LogP contribution < -0.4 is 10.2 Å². The molecule has 3 N–H and O–H groups in total. The van der Waals surface area contributed by atoms with Crippen LogP contribution in [0.4, 0.5) is 11.4 Å². The predicted octanol–water partition coefficient (Wildman–Crippen LogP) is 2.12. The second kappa shape index (κ2) is 7.23. The Balaban J connectivity index is 1.71. The standard InChI is InChI=1S/C18H20N2O4/c21-16-6-5-13(11-17(16)22)12-18(23)19-14-3-1-2-4-15(14)20-7-9-24-10-8-20/h1-6,11,21-22H,7-10,12H2,(H,19,23). The van der Waals surface area contributed by atoms with Gasteiger partial charge in [-0.2, -0.15) is 0 Å². The summed E-state index contributed by atoms with van der Waals surface area (Å²) < 4.78 is 5.37. The molecule has 1 saturated heterocycles. The number of nitrogens with one attached hydrogen (secondary N) is 1. The van der Waals surface area contributed by atoms with Crippen LogP contribution in [0.1, 0.15) is 5.56 Å². The summed E-state index contributed by atoms with van der Waals surface area (Å²) >= 11 is 0. The molecule has 6 heteroatoms. The maximum atomic E-state index is 12.3. The number of aromatic hydroxyl groups is 2. The highest BCUT2D eigenvalue weighted by molar-refractivity contribution is 5.95. The smallest absolute Gasteiger partial charge is 0.228 e. The minimum Gasteiger partial charge on any atom is -0.504 e. The second-order valence-corrected chi connectivity index (χ2v) is 5.66. The number of carbonyl (C=O) groups is 1. The quantitative estimate of drug-likeness (QED) is 0.749. The Hall–Kier alpha value is -2.73. The van der Waals surface area contributed by atoms with E-state index in [0.717, 1.165) is 24.5 Å². The number of nitrogens with zero attached hydrogens (tertiary/aromatic N) is 1. The summed E-state index contributed by atoms with van der Waals surface area (Å²) in [5.41, 5.74) is 2.36. The fraction of sp³-hybridized carbons (Fsp3) is 0.278. The second-order valence-electron chi connectivity index (χ2n) is 5.66. The third kappa shape index (κ3) is 3.78. The average Bonchev–Trinajstić information content (AvgIpc) is 2.59. The minimum absolute atomic E-state index is 0.116. The van der Waals surface area contributed by atoms with Crippen LogP contribution in [0.2, 0.25) is 0 Å². The zero-order valence-corrected chi connectivity index (χ0v) is 13.2. The highest BCUT2D eigenvalue weighted by Crippen LogP contribution is 2.27. The van der Waals surface area contributed by atoms with E-state index in [-0.39, 0.29) is 23.8 Å². The number of anilines is 2. The molecule has 0 spiro atoms. The van der Waals surface area contributed by atoms with Crippen molar-refractivity contribution in [2.45, 2.75) is 6.42 Å². The van der Waals surface area contributed by atoms with Crippen LogP contribution in [0, 0.1) is 0 Å². The van der Waals surface area contributed by atoms with Gasteiger partial charge in [0.25, 0.3) is 0 Å². The molecule has 1 aliphatic heterocycles. The van der Waals surface area contributed by atoms with E-state index in [0.29, 0.717) is 18.8 Å². The molecule has 0 saturated carbocycles. The first-order chi connectivity index (χ1) is 11.6. The van der Waals surface area contributed by atoms with Crippen LogP contribution in [-0.4, -0.2) is 42.4 Å². The Kier molecular flexibility index (Phi) is 4.86. The van der Waals surface area contributed by atoms with Gasteiger partial charge in [0, 0.05) is 13.1 Å². The highest BCUT2D eigenvalue weighted by Gasteiger charge is 2.16. The van der Waals surface area contributed by atoms with Crippen molar-refractivity contribution in [1.29, 1.82) is 0 Å². The molecule has 0 atom stereocenters. The van der Waals surface area contributed by atoms with Gasteiger partial charge in [-0.1, -0.05) is 18.2 Å². The van der Waals surface area contributed by atoms with Crippen LogP contribution in [0.15, 0.2) is 42.5 Å². The first-order valence-electron chi connectivity index (χ1n) is 7.86. The molecule has 0 bridgehead atoms. The molecule has 126 valence electrons. The lowest BCUT2D eigenvalue weighted by atomic mass is 10.1. The lowest BCUT2D eigenvalue weighted by Crippen LogP contribution is -2.36. The summed E-state index contributed by atoms with van der Waals surface area (Å²) in [6.07, 6.45) is 0.116. The van der Waals surface area contributed by atoms with E-state index in [4.69, 9.17) is 4.74 Å². The maximum absolute atomic E-state index is 12.3. The molecule has 0 aromatic heterocycles. The lowest BCUT2D eigenvalue weighted by Gasteiger charge is -2.30. The van der Waals surface area contributed by atoms with Crippen LogP contribution in [0.3, 0.4) is 0 Å². The van der Waals surface area contributed by atoms with Crippen LogP contribution in [0.25, 0.3) is 0 Å². The SMILES string of the molecule is O=C(Cc1ccc(O)c(O)c1)Nc1ccccc1N1CCOCC1. The number of morpholine rings is 1. The summed E-state index contributed by atoms with van der Waals surface area (Å²) in [7, 11) is 0. The zero-order chi connectivity index (χ0) is 16.9. The Morgan fingerprint density at radius 1 is 1.08 bits per heavy atom. The molecular weight excluding hydrogens is 308 g/mol. The molecule has 1 amide bonds. The van der Waals surface area contributed by atoms with Crippen LogP contribution >= 0.6 is 0 Å². The topological polar surface area (TPSA) is 82.0 Å². The third-order valence-electron chi connectivity index (χ3n) is 3.93. The molecule has 1 fully saturated rings. The molecule has 24 heavy (non-hydrogen) atoms. The van der Waals surface area contributed by atoms with Gasteiger partial charge in [0.2, 0.25) is 5.91 Å². The normalized spacial score (nSPS) is 14.4. The van der Waals surface area contributed by atoms with Gasteiger partial charge in [0.15, 0.2) is 11.5 Å². The fourth-order valence-electron chi connectivity index (χ4n) is 2.72. The van der Waals surface area contributed by atoms with Crippen molar-refractivity contribution in [2.24, 2.45) is 0 Å². The molecular formula is C18H20N2O4. The van der Waals surface area contributed by atoms with Crippen LogP contribution in [0.5, 0.6) is 11.5 Å².